The van der Waals surface area contributed by atoms with Gasteiger partial charge in [0.25, 0.3) is 0 Å². The van der Waals surface area contributed by atoms with E-state index >= 15 is 0 Å². The van der Waals surface area contributed by atoms with Crippen molar-refractivity contribution in [2.45, 2.75) is 32.6 Å². The zero-order valence-electron chi connectivity index (χ0n) is 10.0. The van der Waals surface area contributed by atoms with Crippen LogP contribution in [0.3, 0.4) is 0 Å². The van der Waals surface area contributed by atoms with Crippen molar-refractivity contribution in [1.29, 1.82) is 0 Å². The average molecular weight is 230 g/mol. The standard InChI is InChI=1S/C12H22O4/c1-11(2)12(14)16-10-9-15-8-6-4-3-5-7-13/h13H,1,3-10H2,2H3. The molecule has 0 unspecified atom stereocenters. The summed E-state index contributed by atoms with van der Waals surface area (Å²) in [6, 6.07) is 0. The van der Waals surface area contributed by atoms with Crippen molar-refractivity contribution in [3.8, 4) is 0 Å². The van der Waals surface area contributed by atoms with Gasteiger partial charge in [0.2, 0.25) is 0 Å². The van der Waals surface area contributed by atoms with Gasteiger partial charge in [0, 0.05) is 18.8 Å². The molecule has 0 atom stereocenters. The maximum absolute atomic E-state index is 10.9. The van der Waals surface area contributed by atoms with Crippen LogP contribution in [-0.4, -0.2) is 37.5 Å². The molecule has 94 valence electrons. The summed E-state index contributed by atoms with van der Waals surface area (Å²) in [5.41, 5.74) is 0.406. The molecule has 0 aliphatic heterocycles. The summed E-state index contributed by atoms with van der Waals surface area (Å²) in [5, 5.41) is 8.55. The number of ether oxygens (including phenoxy) is 2. The number of hydrogen-bond donors (Lipinski definition) is 1. The largest absolute Gasteiger partial charge is 0.460 e. The topological polar surface area (TPSA) is 55.8 Å². The van der Waals surface area contributed by atoms with Crippen molar-refractivity contribution in [2.24, 2.45) is 0 Å². The third-order valence-corrected chi connectivity index (χ3v) is 2.01. The number of rotatable bonds is 10. The molecule has 0 aromatic heterocycles. The Morgan fingerprint density at radius 3 is 2.44 bits per heavy atom. The molecular formula is C12H22O4. The van der Waals surface area contributed by atoms with Gasteiger partial charge in [-0.15, -0.1) is 0 Å². The van der Waals surface area contributed by atoms with Crippen molar-refractivity contribution in [3.63, 3.8) is 0 Å². The quantitative estimate of drug-likeness (QED) is 0.352. The Balaban J connectivity index is 3.10. The van der Waals surface area contributed by atoms with Gasteiger partial charge in [0.15, 0.2) is 0 Å². The lowest BCUT2D eigenvalue weighted by atomic mass is 10.2. The van der Waals surface area contributed by atoms with E-state index in [0.29, 0.717) is 18.8 Å². The fourth-order valence-electron chi connectivity index (χ4n) is 1.09. The number of esters is 1. The highest BCUT2D eigenvalue weighted by atomic mass is 16.6. The number of aliphatic hydroxyl groups is 1. The lowest BCUT2D eigenvalue weighted by Gasteiger charge is -2.05. The van der Waals surface area contributed by atoms with E-state index in [1.807, 2.05) is 0 Å². The van der Waals surface area contributed by atoms with Crippen LogP contribution < -0.4 is 0 Å². The smallest absolute Gasteiger partial charge is 0.333 e. The van der Waals surface area contributed by atoms with Gasteiger partial charge in [-0.25, -0.2) is 4.79 Å². The van der Waals surface area contributed by atoms with E-state index in [-0.39, 0.29) is 19.2 Å². The molecule has 0 saturated heterocycles. The lowest BCUT2D eigenvalue weighted by molar-refractivity contribution is -0.140. The fourth-order valence-corrected chi connectivity index (χ4v) is 1.09. The molecule has 0 saturated carbocycles. The van der Waals surface area contributed by atoms with Crippen LogP contribution in [0.2, 0.25) is 0 Å². The first-order valence-corrected chi connectivity index (χ1v) is 5.69. The highest BCUT2D eigenvalue weighted by molar-refractivity contribution is 5.86. The zero-order valence-corrected chi connectivity index (χ0v) is 10.0. The molecule has 0 aromatic carbocycles. The van der Waals surface area contributed by atoms with Crippen molar-refractivity contribution in [2.75, 3.05) is 26.4 Å². The Labute approximate surface area is 97.2 Å². The van der Waals surface area contributed by atoms with E-state index in [1.165, 1.54) is 0 Å². The van der Waals surface area contributed by atoms with Gasteiger partial charge in [0.05, 0.1) is 6.61 Å². The van der Waals surface area contributed by atoms with Gasteiger partial charge in [-0.2, -0.15) is 0 Å². The minimum atomic E-state index is -0.369. The van der Waals surface area contributed by atoms with E-state index in [1.54, 1.807) is 6.92 Å². The Kier molecular flexibility index (Phi) is 10.1. The van der Waals surface area contributed by atoms with Crippen LogP contribution >= 0.6 is 0 Å². The molecule has 4 nitrogen and oxygen atoms in total. The van der Waals surface area contributed by atoms with Gasteiger partial charge in [-0.1, -0.05) is 19.4 Å². The summed E-state index contributed by atoms with van der Waals surface area (Å²) in [4.78, 5) is 10.9. The van der Waals surface area contributed by atoms with E-state index in [2.05, 4.69) is 6.58 Å². The molecule has 16 heavy (non-hydrogen) atoms. The first-order chi connectivity index (χ1) is 7.68. The van der Waals surface area contributed by atoms with Gasteiger partial charge in [-0.05, 0) is 19.8 Å². The molecule has 0 heterocycles. The van der Waals surface area contributed by atoms with Crippen LogP contribution in [0.15, 0.2) is 12.2 Å². The summed E-state index contributed by atoms with van der Waals surface area (Å²) in [6.07, 6.45) is 3.93. The lowest BCUT2D eigenvalue weighted by Crippen LogP contribution is -2.11. The van der Waals surface area contributed by atoms with Gasteiger partial charge in [0.1, 0.15) is 6.61 Å². The van der Waals surface area contributed by atoms with Crippen LogP contribution in [0.1, 0.15) is 32.6 Å². The predicted molar refractivity (Wildman–Crippen MR) is 62.1 cm³/mol. The highest BCUT2D eigenvalue weighted by Crippen LogP contribution is 1.99. The molecule has 1 N–H and O–H groups in total. The van der Waals surface area contributed by atoms with E-state index in [0.717, 1.165) is 25.7 Å². The van der Waals surface area contributed by atoms with Crippen LogP contribution in [0.4, 0.5) is 0 Å². The molecule has 0 aromatic rings. The Morgan fingerprint density at radius 1 is 1.12 bits per heavy atom. The summed E-state index contributed by atoms with van der Waals surface area (Å²) in [7, 11) is 0. The molecule has 0 radical (unpaired) electrons. The van der Waals surface area contributed by atoms with E-state index in [4.69, 9.17) is 14.6 Å². The maximum Gasteiger partial charge on any atom is 0.333 e. The Hall–Kier alpha value is -0.870. The monoisotopic (exact) mass is 230 g/mol. The number of carbonyl (C=O) groups is 1. The van der Waals surface area contributed by atoms with Crippen molar-refractivity contribution in [1.82, 2.24) is 0 Å². The minimum absolute atomic E-state index is 0.262. The van der Waals surface area contributed by atoms with Crippen molar-refractivity contribution < 1.29 is 19.4 Å². The molecule has 0 amide bonds. The SMILES string of the molecule is C=C(C)C(=O)OCCOCCCCCCO. The van der Waals surface area contributed by atoms with Crippen LogP contribution in [0.25, 0.3) is 0 Å². The molecule has 0 bridgehead atoms. The van der Waals surface area contributed by atoms with Gasteiger partial charge in [-0.3, -0.25) is 0 Å². The second kappa shape index (κ2) is 10.6. The predicted octanol–water partition coefficient (Wildman–Crippen LogP) is 1.68. The molecule has 0 aliphatic rings. The summed E-state index contributed by atoms with van der Waals surface area (Å²) in [5.74, 6) is -0.369. The molecule has 0 rings (SSSR count). The second-order valence-corrected chi connectivity index (χ2v) is 3.67. The van der Waals surface area contributed by atoms with Crippen LogP contribution in [-0.2, 0) is 14.3 Å². The summed E-state index contributed by atoms with van der Waals surface area (Å²) in [6.45, 7) is 6.74. The third-order valence-electron chi connectivity index (χ3n) is 2.01. The van der Waals surface area contributed by atoms with Gasteiger partial charge < -0.3 is 14.6 Å². The third kappa shape index (κ3) is 9.68. The normalized spacial score (nSPS) is 10.1. The minimum Gasteiger partial charge on any atom is -0.460 e. The molecule has 0 fully saturated rings. The average Bonchev–Trinajstić information content (AvgIpc) is 2.26. The van der Waals surface area contributed by atoms with E-state index < -0.39 is 0 Å². The summed E-state index contributed by atoms with van der Waals surface area (Å²) >= 11 is 0. The number of hydrogen-bond acceptors (Lipinski definition) is 4. The molecule has 0 spiro atoms. The highest BCUT2D eigenvalue weighted by Gasteiger charge is 2.01. The zero-order chi connectivity index (χ0) is 12.2. The first-order valence-electron chi connectivity index (χ1n) is 5.69. The molecule has 4 heteroatoms. The number of aliphatic hydroxyl groups excluding tert-OH is 1. The van der Waals surface area contributed by atoms with Crippen LogP contribution in [0, 0.1) is 0 Å². The summed E-state index contributed by atoms with van der Waals surface area (Å²) < 4.78 is 10.1. The van der Waals surface area contributed by atoms with Crippen molar-refractivity contribution in [3.05, 3.63) is 12.2 Å². The van der Waals surface area contributed by atoms with Gasteiger partial charge >= 0.3 is 5.97 Å². The van der Waals surface area contributed by atoms with E-state index in [9.17, 15) is 4.79 Å². The first kappa shape index (κ1) is 15.1. The number of unbranched alkanes of at least 4 members (excludes halogenated alkanes) is 3. The second-order valence-electron chi connectivity index (χ2n) is 3.67. The molecular weight excluding hydrogens is 208 g/mol. The molecule has 0 aliphatic carbocycles. The maximum atomic E-state index is 10.9. The Bertz CT molecular complexity index is 201. The van der Waals surface area contributed by atoms with Crippen molar-refractivity contribution >= 4 is 5.97 Å². The number of carbonyl (C=O) groups excluding carboxylic acids is 1. The Morgan fingerprint density at radius 2 is 1.81 bits per heavy atom. The van der Waals surface area contributed by atoms with Crippen LogP contribution in [0.5, 0.6) is 0 Å². The fraction of sp³-hybridized carbons (Fsp3) is 0.750.